The van der Waals surface area contributed by atoms with Crippen molar-refractivity contribution in [1.29, 1.82) is 0 Å². The molecule has 1 aromatic heterocycles. The second-order valence-corrected chi connectivity index (χ2v) is 14.0. The molecule has 11 nitrogen and oxygen atoms in total. The quantitative estimate of drug-likeness (QED) is 0.168. The summed E-state index contributed by atoms with van der Waals surface area (Å²) in [5.41, 5.74) is 5.61. The summed E-state index contributed by atoms with van der Waals surface area (Å²) in [7, 11) is 0. The summed E-state index contributed by atoms with van der Waals surface area (Å²) in [6.07, 6.45) is 5.22. The molecule has 2 aliphatic rings. The van der Waals surface area contributed by atoms with Crippen molar-refractivity contribution in [3.8, 4) is 0 Å². The van der Waals surface area contributed by atoms with Crippen LogP contribution < -0.4 is 16.0 Å². The van der Waals surface area contributed by atoms with Gasteiger partial charge in [0.2, 0.25) is 5.91 Å². The van der Waals surface area contributed by atoms with Crippen LogP contribution in [0.1, 0.15) is 41.7 Å². The predicted molar refractivity (Wildman–Crippen MR) is 185 cm³/mol. The number of hydrogen-bond donors (Lipinski definition) is 4. The third-order valence-corrected chi connectivity index (χ3v) is 9.80. The first-order valence-electron chi connectivity index (χ1n) is 16.0. The number of benzene rings is 2. The molecule has 4 atom stereocenters. The van der Waals surface area contributed by atoms with Gasteiger partial charge in [0, 0.05) is 36.1 Å². The molecule has 1 unspecified atom stereocenters. The summed E-state index contributed by atoms with van der Waals surface area (Å²) in [6.45, 7) is 0.816. The number of thiazole rings is 1. The van der Waals surface area contributed by atoms with Crippen LogP contribution in [-0.4, -0.2) is 87.7 Å². The summed E-state index contributed by atoms with van der Waals surface area (Å²) < 4.78 is 5.46. The van der Waals surface area contributed by atoms with Crippen LogP contribution in [0.5, 0.6) is 0 Å². The minimum atomic E-state index is -1.10. The fourth-order valence-electron chi connectivity index (χ4n) is 5.47. The summed E-state index contributed by atoms with van der Waals surface area (Å²) in [4.78, 5) is 50.6. The van der Waals surface area contributed by atoms with Crippen molar-refractivity contribution in [2.24, 2.45) is 4.99 Å². The van der Waals surface area contributed by atoms with Gasteiger partial charge in [0.1, 0.15) is 12.6 Å². The monoisotopic (exact) mass is 678 g/mol. The lowest BCUT2D eigenvalue weighted by Gasteiger charge is -2.28. The smallest absolute Gasteiger partial charge is 0.407 e. The van der Waals surface area contributed by atoms with Crippen LogP contribution in [0.4, 0.5) is 9.59 Å². The van der Waals surface area contributed by atoms with Crippen molar-refractivity contribution >= 4 is 46.7 Å². The predicted octanol–water partition coefficient (Wildman–Crippen LogP) is 4.17. The Morgan fingerprint density at radius 2 is 1.60 bits per heavy atom. The first kappa shape index (κ1) is 34.4. The maximum absolute atomic E-state index is 13.6. The van der Waals surface area contributed by atoms with Crippen molar-refractivity contribution in [2.75, 3.05) is 19.7 Å². The number of hydrogen-bond acceptors (Lipinski definition) is 9. The molecular weight excluding hydrogens is 637 g/mol. The molecule has 4 amide bonds. The van der Waals surface area contributed by atoms with Gasteiger partial charge in [-0.2, -0.15) is 0 Å². The van der Waals surface area contributed by atoms with Gasteiger partial charge < -0.3 is 30.7 Å². The first-order chi connectivity index (χ1) is 23.0. The van der Waals surface area contributed by atoms with Crippen molar-refractivity contribution < 1.29 is 24.2 Å². The number of nitrogens with one attached hydrogen (secondary N) is 3. The molecule has 0 saturated heterocycles. The minimum absolute atomic E-state index is 0.140. The third-order valence-electron chi connectivity index (χ3n) is 8.09. The number of aliphatic imine (C=N–C) groups is 1. The number of nitrogens with zero attached hydrogens (tertiary/aromatic N) is 3. The van der Waals surface area contributed by atoms with Crippen molar-refractivity contribution in [1.82, 2.24) is 25.8 Å². The number of carbonyl (C=O) groups is 3. The lowest BCUT2D eigenvalue weighted by molar-refractivity contribution is -0.124. The number of aliphatic hydroxyl groups is 1. The molecule has 4 N–H and O–H groups in total. The molecule has 1 aliphatic heterocycles. The summed E-state index contributed by atoms with van der Waals surface area (Å²) in [6, 6.07) is 17.8. The highest BCUT2D eigenvalue weighted by Crippen LogP contribution is 2.29. The van der Waals surface area contributed by atoms with Crippen molar-refractivity contribution in [2.45, 2.75) is 74.5 Å². The fourth-order valence-corrected chi connectivity index (χ4v) is 6.74. The van der Waals surface area contributed by atoms with Crippen molar-refractivity contribution in [3.63, 3.8) is 0 Å². The van der Waals surface area contributed by atoms with E-state index in [0.29, 0.717) is 38.8 Å². The molecular formula is C34H42N6O5S2. The SMILES string of the molecule is O=C(N[C@H](CC[C@H](Cc1ccccc1)NC(=O)[C@H](CO)NC(=O)N(CC1CN=CS1)C1CC1)Cc1ccccc1)OCc1cncs1. The number of ether oxygens (including phenoxy) is 1. The molecule has 1 fully saturated rings. The highest BCUT2D eigenvalue weighted by Gasteiger charge is 2.36. The summed E-state index contributed by atoms with van der Waals surface area (Å²) in [5, 5.41) is 19.3. The van der Waals surface area contributed by atoms with Crippen molar-refractivity contribution in [3.05, 3.63) is 88.4 Å². The molecule has 47 heavy (non-hydrogen) atoms. The Kier molecular flexibility index (Phi) is 13.0. The van der Waals surface area contributed by atoms with Gasteiger partial charge >= 0.3 is 12.1 Å². The van der Waals surface area contributed by atoms with Crippen LogP contribution in [-0.2, 0) is 29.0 Å². The van der Waals surface area contributed by atoms with Crippen LogP contribution in [0.3, 0.4) is 0 Å². The van der Waals surface area contributed by atoms with E-state index in [9.17, 15) is 19.5 Å². The van der Waals surface area contributed by atoms with Gasteiger partial charge in [-0.25, -0.2) is 9.59 Å². The second-order valence-electron chi connectivity index (χ2n) is 11.8. The molecule has 0 radical (unpaired) electrons. The van der Waals surface area contributed by atoms with Crippen LogP contribution in [0.15, 0.2) is 77.4 Å². The third kappa shape index (κ3) is 11.4. The molecule has 250 valence electrons. The van der Waals surface area contributed by atoms with E-state index in [1.807, 2.05) is 66.2 Å². The van der Waals surface area contributed by atoms with E-state index in [0.717, 1.165) is 28.8 Å². The Morgan fingerprint density at radius 3 is 2.15 bits per heavy atom. The number of carbonyl (C=O) groups excluding carboxylic acids is 3. The highest BCUT2D eigenvalue weighted by atomic mass is 32.2. The average Bonchev–Trinajstić information content (AvgIpc) is 3.52. The molecule has 1 saturated carbocycles. The topological polar surface area (TPSA) is 145 Å². The van der Waals surface area contributed by atoms with E-state index in [1.54, 1.807) is 28.4 Å². The van der Waals surface area contributed by atoms with Gasteiger partial charge in [-0.15, -0.1) is 23.1 Å². The number of aliphatic hydroxyl groups excluding tert-OH is 1. The van der Waals surface area contributed by atoms with Gasteiger partial charge in [-0.3, -0.25) is 14.8 Å². The van der Waals surface area contributed by atoms with Gasteiger partial charge in [0.25, 0.3) is 0 Å². The number of aromatic nitrogens is 1. The van der Waals surface area contributed by atoms with Crippen LogP contribution in [0, 0.1) is 0 Å². The summed E-state index contributed by atoms with van der Waals surface area (Å²) in [5.74, 6) is -0.451. The average molecular weight is 679 g/mol. The van der Waals surface area contributed by atoms with Gasteiger partial charge in [0.05, 0.1) is 29.1 Å². The molecule has 1 aliphatic carbocycles. The maximum Gasteiger partial charge on any atom is 0.407 e. The number of alkyl carbamates (subject to hydrolysis) is 1. The summed E-state index contributed by atoms with van der Waals surface area (Å²) >= 11 is 3.03. The Labute approximate surface area is 283 Å². The van der Waals surface area contributed by atoms with Crippen LogP contribution in [0.25, 0.3) is 0 Å². The standard InChI is InChI=1S/C34H42N6O5S2/c41-20-31(39-33(43)40(28-13-14-28)19-29-17-35-22-46-29)32(42)37-26(15-24-7-3-1-4-8-24)11-12-27(16-25-9-5-2-6-10-25)38-34(44)45-21-30-18-36-23-47-30/h1-10,18,22-23,26-29,31,41H,11-17,19-21H2,(H,37,42)(H,38,44)(H,39,43)/t26-,27-,29?,31+/m1/s1. The largest absolute Gasteiger partial charge is 0.444 e. The Bertz CT molecular complexity index is 1430. The van der Waals surface area contributed by atoms with E-state index >= 15 is 0 Å². The number of amides is 4. The Morgan fingerprint density at radius 1 is 0.936 bits per heavy atom. The number of thioether (sulfide) groups is 1. The fraction of sp³-hybridized carbons (Fsp3) is 0.441. The van der Waals surface area contributed by atoms with Crippen LogP contribution in [0.2, 0.25) is 0 Å². The van der Waals surface area contributed by atoms with Gasteiger partial charge in [-0.05, 0) is 49.7 Å². The lowest BCUT2D eigenvalue weighted by atomic mass is 9.96. The van der Waals surface area contributed by atoms with Crippen LogP contribution >= 0.6 is 23.1 Å². The molecule has 13 heteroatoms. The first-order valence-corrected chi connectivity index (χ1v) is 17.8. The lowest BCUT2D eigenvalue weighted by Crippen LogP contribution is -2.56. The van der Waals surface area contributed by atoms with E-state index < -0.39 is 24.6 Å². The van der Waals surface area contributed by atoms with E-state index in [-0.39, 0.29) is 36.0 Å². The zero-order chi connectivity index (χ0) is 32.8. The zero-order valence-corrected chi connectivity index (χ0v) is 27.8. The Balaban J connectivity index is 1.22. The molecule has 0 spiro atoms. The molecule has 0 bridgehead atoms. The normalized spacial score (nSPS) is 17.3. The van der Waals surface area contributed by atoms with E-state index in [1.165, 1.54) is 11.3 Å². The maximum atomic E-state index is 13.6. The molecule has 2 heterocycles. The molecule has 3 aromatic rings. The Hall–Kier alpha value is -3.94. The second kappa shape index (κ2) is 17.8. The number of rotatable bonds is 17. The molecule has 5 rings (SSSR count). The van der Waals surface area contributed by atoms with E-state index in [4.69, 9.17) is 4.74 Å². The number of urea groups is 1. The highest BCUT2D eigenvalue weighted by molar-refractivity contribution is 8.12. The van der Waals surface area contributed by atoms with E-state index in [2.05, 4.69) is 25.9 Å². The minimum Gasteiger partial charge on any atom is -0.444 e. The van der Waals surface area contributed by atoms with Gasteiger partial charge in [-0.1, -0.05) is 60.7 Å². The zero-order valence-electron chi connectivity index (χ0n) is 26.2. The van der Waals surface area contributed by atoms with Gasteiger partial charge in [0.15, 0.2) is 0 Å². The molecule has 2 aromatic carbocycles.